The highest BCUT2D eigenvalue weighted by atomic mass is 16.5. The average molecular weight is 344 g/mol. The normalized spacial score (nSPS) is 20.8. The van der Waals surface area contributed by atoms with Crippen LogP contribution in [-0.2, 0) is 19.1 Å². The largest absolute Gasteiger partial charge is 0.455 e. The number of rotatable bonds is 5. The molecule has 1 aliphatic heterocycles. The van der Waals surface area contributed by atoms with Gasteiger partial charge < -0.3 is 15.0 Å². The molecule has 1 saturated heterocycles. The number of aryl methyl sites for hydroxylation is 1. The SMILES string of the molecule is Cc1cccc(NC(=O)COC(=O)[C@@H]2CC(=O)N(C3CCCC3)C2)c1. The molecule has 25 heavy (non-hydrogen) atoms. The lowest BCUT2D eigenvalue weighted by atomic mass is 10.1. The molecular formula is C19H24N2O4. The van der Waals surface area contributed by atoms with Gasteiger partial charge in [-0.3, -0.25) is 14.4 Å². The summed E-state index contributed by atoms with van der Waals surface area (Å²) in [5.41, 5.74) is 1.70. The second-order valence-corrected chi connectivity index (χ2v) is 6.91. The van der Waals surface area contributed by atoms with Gasteiger partial charge in [0.05, 0.1) is 5.92 Å². The van der Waals surface area contributed by atoms with Crippen LogP contribution in [0.25, 0.3) is 0 Å². The van der Waals surface area contributed by atoms with Crippen LogP contribution in [0, 0.1) is 12.8 Å². The van der Waals surface area contributed by atoms with Crippen LogP contribution < -0.4 is 5.32 Å². The molecule has 0 aromatic heterocycles. The number of ether oxygens (including phenoxy) is 1. The maximum Gasteiger partial charge on any atom is 0.311 e. The minimum absolute atomic E-state index is 0.0260. The average Bonchev–Trinajstić information content (AvgIpc) is 3.22. The van der Waals surface area contributed by atoms with E-state index in [2.05, 4.69) is 5.32 Å². The minimum Gasteiger partial charge on any atom is -0.455 e. The molecule has 1 aliphatic carbocycles. The number of anilines is 1. The van der Waals surface area contributed by atoms with Crippen LogP contribution in [0.1, 0.15) is 37.7 Å². The molecule has 2 fully saturated rings. The number of amides is 2. The Balaban J connectivity index is 1.46. The van der Waals surface area contributed by atoms with Gasteiger partial charge in [0.15, 0.2) is 6.61 Å². The summed E-state index contributed by atoms with van der Waals surface area (Å²) in [6.07, 6.45) is 4.51. The minimum atomic E-state index is -0.465. The number of likely N-dealkylation sites (tertiary alicyclic amines) is 1. The van der Waals surface area contributed by atoms with E-state index in [0.717, 1.165) is 31.2 Å². The number of benzene rings is 1. The first-order valence-electron chi connectivity index (χ1n) is 8.85. The molecule has 1 aromatic carbocycles. The van der Waals surface area contributed by atoms with Crippen LogP contribution in [0.5, 0.6) is 0 Å². The molecule has 0 spiro atoms. The van der Waals surface area contributed by atoms with Gasteiger partial charge in [0, 0.05) is 24.7 Å². The zero-order valence-corrected chi connectivity index (χ0v) is 14.5. The number of carbonyl (C=O) groups excluding carboxylic acids is 3. The van der Waals surface area contributed by atoms with Crippen LogP contribution >= 0.6 is 0 Å². The quantitative estimate of drug-likeness (QED) is 0.832. The Bertz CT molecular complexity index is 667. The maximum absolute atomic E-state index is 12.2. The van der Waals surface area contributed by atoms with Crippen molar-refractivity contribution in [3.8, 4) is 0 Å². The number of esters is 1. The zero-order valence-electron chi connectivity index (χ0n) is 14.5. The molecule has 0 unspecified atom stereocenters. The van der Waals surface area contributed by atoms with Gasteiger partial charge in [0.1, 0.15) is 0 Å². The topological polar surface area (TPSA) is 75.7 Å². The summed E-state index contributed by atoms with van der Waals surface area (Å²) in [5, 5.41) is 2.70. The molecule has 1 atom stereocenters. The molecule has 2 amide bonds. The van der Waals surface area contributed by atoms with Crippen LogP contribution in [0.2, 0.25) is 0 Å². The number of nitrogens with zero attached hydrogens (tertiary/aromatic N) is 1. The third-order valence-corrected chi connectivity index (χ3v) is 4.90. The van der Waals surface area contributed by atoms with E-state index in [4.69, 9.17) is 4.74 Å². The second-order valence-electron chi connectivity index (χ2n) is 6.91. The number of hydrogen-bond donors (Lipinski definition) is 1. The van der Waals surface area contributed by atoms with E-state index in [0.29, 0.717) is 12.2 Å². The zero-order chi connectivity index (χ0) is 17.8. The fourth-order valence-electron chi connectivity index (χ4n) is 3.63. The molecular weight excluding hydrogens is 320 g/mol. The van der Waals surface area contributed by atoms with Crippen molar-refractivity contribution in [1.82, 2.24) is 4.90 Å². The molecule has 134 valence electrons. The van der Waals surface area contributed by atoms with E-state index in [1.165, 1.54) is 0 Å². The fraction of sp³-hybridized carbons (Fsp3) is 0.526. The molecule has 6 nitrogen and oxygen atoms in total. The van der Waals surface area contributed by atoms with Gasteiger partial charge >= 0.3 is 5.97 Å². The number of hydrogen-bond acceptors (Lipinski definition) is 4. The molecule has 1 N–H and O–H groups in total. The molecule has 1 saturated carbocycles. The summed E-state index contributed by atoms with van der Waals surface area (Å²) < 4.78 is 5.12. The van der Waals surface area contributed by atoms with Gasteiger partial charge in [-0.05, 0) is 37.5 Å². The molecule has 0 bridgehead atoms. The van der Waals surface area contributed by atoms with Gasteiger partial charge in [0.25, 0.3) is 5.91 Å². The molecule has 2 aliphatic rings. The van der Waals surface area contributed by atoms with Crippen molar-refractivity contribution in [3.05, 3.63) is 29.8 Å². The van der Waals surface area contributed by atoms with Crippen LogP contribution in [0.15, 0.2) is 24.3 Å². The summed E-state index contributed by atoms with van der Waals surface area (Å²) in [6.45, 7) is 2.02. The third-order valence-electron chi connectivity index (χ3n) is 4.90. The monoisotopic (exact) mass is 344 g/mol. The molecule has 1 heterocycles. The van der Waals surface area contributed by atoms with E-state index >= 15 is 0 Å². The summed E-state index contributed by atoms with van der Waals surface area (Å²) in [7, 11) is 0. The lowest BCUT2D eigenvalue weighted by Crippen LogP contribution is -2.35. The highest BCUT2D eigenvalue weighted by Gasteiger charge is 2.39. The summed E-state index contributed by atoms with van der Waals surface area (Å²) in [6, 6.07) is 7.67. The first-order valence-corrected chi connectivity index (χ1v) is 8.85. The van der Waals surface area contributed by atoms with Crippen molar-refractivity contribution in [1.29, 1.82) is 0 Å². The van der Waals surface area contributed by atoms with E-state index in [-0.39, 0.29) is 30.9 Å². The molecule has 6 heteroatoms. The van der Waals surface area contributed by atoms with Gasteiger partial charge in [-0.1, -0.05) is 25.0 Å². The highest BCUT2D eigenvalue weighted by Crippen LogP contribution is 2.29. The second kappa shape index (κ2) is 7.68. The third kappa shape index (κ3) is 4.38. The Kier molecular flexibility index (Phi) is 5.36. The van der Waals surface area contributed by atoms with Gasteiger partial charge in [-0.15, -0.1) is 0 Å². The predicted molar refractivity (Wildman–Crippen MR) is 92.8 cm³/mol. The Morgan fingerprint density at radius 3 is 2.76 bits per heavy atom. The summed E-state index contributed by atoms with van der Waals surface area (Å²) >= 11 is 0. The Hall–Kier alpha value is -2.37. The van der Waals surface area contributed by atoms with E-state index < -0.39 is 11.9 Å². The lowest BCUT2D eigenvalue weighted by molar-refractivity contribution is -0.151. The fourth-order valence-corrected chi connectivity index (χ4v) is 3.63. The van der Waals surface area contributed by atoms with Gasteiger partial charge in [-0.2, -0.15) is 0 Å². The highest BCUT2D eigenvalue weighted by molar-refractivity contribution is 5.93. The van der Waals surface area contributed by atoms with Crippen molar-refractivity contribution < 1.29 is 19.1 Å². The predicted octanol–water partition coefficient (Wildman–Crippen LogP) is 2.27. The number of nitrogens with one attached hydrogen (secondary N) is 1. The lowest BCUT2D eigenvalue weighted by Gasteiger charge is -2.23. The Morgan fingerprint density at radius 1 is 1.28 bits per heavy atom. The summed E-state index contributed by atoms with van der Waals surface area (Å²) in [5.74, 6) is -1.28. The molecule has 1 aromatic rings. The van der Waals surface area contributed by atoms with Crippen LogP contribution in [0.4, 0.5) is 5.69 Å². The Labute approximate surface area is 147 Å². The van der Waals surface area contributed by atoms with Crippen molar-refractivity contribution in [2.24, 2.45) is 5.92 Å². The van der Waals surface area contributed by atoms with E-state index in [1.807, 2.05) is 30.0 Å². The number of carbonyl (C=O) groups is 3. The molecule has 3 rings (SSSR count). The van der Waals surface area contributed by atoms with Gasteiger partial charge in [-0.25, -0.2) is 0 Å². The van der Waals surface area contributed by atoms with Crippen LogP contribution in [0.3, 0.4) is 0 Å². The van der Waals surface area contributed by atoms with Crippen molar-refractivity contribution >= 4 is 23.5 Å². The van der Waals surface area contributed by atoms with Crippen molar-refractivity contribution in [2.45, 2.75) is 45.1 Å². The van der Waals surface area contributed by atoms with Gasteiger partial charge in [0.2, 0.25) is 5.91 Å². The van der Waals surface area contributed by atoms with E-state index in [9.17, 15) is 14.4 Å². The summed E-state index contributed by atoms with van der Waals surface area (Å²) in [4.78, 5) is 38.0. The first-order chi connectivity index (χ1) is 12.0. The van der Waals surface area contributed by atoms with E-state index in [1.54, 1.807) is 6.07 Å². The van der Waals surface area contributed by atoms with Crippen molar-refractivity contribution in [2.75, 3.05) is 18.5 Å². The maximum atomic E-state index is 12.2. The standard InChI is InChI=1S/C19H24N2O4/c1-13-5-4-6-15(9-13)20-17(22)12-25-19(24)14-10-18(23)21(11-14)16-7-2-3-8-16/h4-6,9,14,16H,2-3,7-8,10-12H2,1H3,(H,20,22)/t14-/m1/s1. The molecule has 0 radical (unpaired) electrons. The first kappa shape index (κ1) is 17.5. The van der Waals surface area contributed by atoms with Crippen LogP contribution in [-0.4, -0.2) is 41.9 Å². The smallest absolute Gasteiger partial charge is 0.311 e. The van der Waals surface area contributed by atoms with Crippen molar-refractivity contribution in [3.63, 3.8) is 0 Å². The Morgan fingerprint density at radius 2 is 2.04 bits per heavy atom.